The molecule has 14 heavy (non-hydrogen) atoms. The SMILES string of the molecule is CCC(O)CN(CC(=O)O)C(C)CC. The first-order chi connectivity index (χ1) is 6.51. The molecule has 2 unspecified atom stereocenters. The van der Waals surface area contributed by atoms with Gasteiger partial charge in [0.1, 0.15) is 0 Å². The topological polar surface area (TPSA) is 60.8 Å². The third-order valence-electron chi connectivity index (χ3n) is 2.47. The van der Waals surface area contributed by atoms with Gasteiger partial charge in [-0.05, 0) is 19.8 Å². The van der Waals surface area contributed by atoms with E-state index < -0.39 is 12.1 Å². The molecule has 0 saturated heterocycles. The normalized spacial score (nSPS) is 15.5. The number of aliphatic hydroxyl groups is 1. The highest BCUT2D eigenvalue weighted by Gasteiger charge is 2.17. The number of hydrogen-bond acceptors (Lipinski definition) is 3. The van der Waals surface area contributed by atoms with E-state index in [0.717, 1.165) is 6.42 Å². The van der Waals surface area contributed by atoms with E-state index >= 15 is 0 Å². The van der Waals surface area contributed by atoms with Gasteiger partial charge in [-0.25, -0.2) is 0 Å². The summed E-state index contributed by atoms with van der Waals surface area (Å²) in [5, 5.41) is 18.1. The second-order valence-electron chi connectivity index (χ2n) is 3.64. The predicted octanol–water partition coefficient (Wildman–Crippen LogP) is 0.942. The standard InChI is InChI=1S/C10H21NO3/c1-4-8(3)11(7-10(13)14)6-9(12)5-2/h8-9,12H,4-7H2,1-3H3,(H,13,14). The first-order valence-electron chi connectivity index (χ1n) is 5.15. The van der Waals surface area contributed by atoms with Crippen LogP contribution in [0.4, 0.5) is 0 Å². The Morgan fingerprint density at radius 3 is 2.29 bits per heavy atom. The minimum Gasteiger partial charge on any atom is -0.480 e. The zero-order valence-corrected chi connectivity index (χ0v) is 9.23. The Kier molecular flexibility index (Phi) is 6.49. The van der Waals surface area contributed by atoms with E-state index in [2.05, 4.69) is 0 Å². The lowest BCUT2D eigenvalue weighted by atomic mass is 10.2. The molecule has 0 spiro atoms. The lowest BCUT2D eigenvalue weighted by Crippen LogP contribution is -2.41. The number of hydrogen-bond donors (Lipinski definition) is 2. The van der Waals surface area contributed by atoms with Gasteiger partial charge in [0.05, 0.1) is 12.6 Å². The molecule has 0 bridgehead atoms. The molecule has 0 aromatic rings. The molecule has 84 valence electrons. The number of carboxylic acid groups (broad SMARTS) is 1. The van der Waals surface area contributed by atoms with Gasteiger partial charge in [-0.2, -0.15) is 0 Å². The molecule has 0 heterocycles. The van der Waals surface area contributed by atoms with Gasteiger partial charge < -0.3 is 10.2 Å². The Bertz CT molecular complexity index is 173. The van der Waals surface area contributed by atoms with Crippen LogP contribution in [0.5, 0.6) is 0 Å². The Labute approximate surface area is 85.5 Å². The molecule has 0 amide bonds. The molecule has 2 atom stereocenters. The third-order valence-corrected chi connectivity index (χ3v) is 2.47. The number of aliphatic hydroxyl groups excluding tert-OH is 1. The van der Waals surface area contributed by atoms with Crippen LogP contribution in [0, 0.1) is 0 Å². The Hall–Kier alpha value is -0.610. The summed E-state index contributed by atoms with van der Waals surface area (Å²) >= 11 is 0. The number of carboxylic acids is 1. The van der Waals surface area contributed by atoms with Gasteiger partial charge >= 0.3 is 5.97 Å². The van der Waals surface area contributed by atoms with E-state index in [1.807, 2.05) is 20.8 Å². The van der Waals surface area contributed by atoms with Crippen LogP contribution in [0.1, 0.15) is 33.6 Å². The van der Waals surface area contributed by atoms with Gasteiger partial charge in [-0.15, -0.1) is 0 Å². The second kappa shape index (κ2) is 6.79. The van der Waals surface area contributed by atoms with Crippen LogP contribution in [0.15, 0.2) is 0 Å². The van der Waals surface area contributed by atoms with Crippen molar-refractivity contribution in [3.63, 3.8) is 0 Å². The predicted molar refractivity (Wildman–Crippen MR) is 55.3 cm³/mol. The van der Waals surface area contributed by atoms with Crippen molar-refractivity contribution in [2.24, 2.45) is 0 Å². The van der Waals surface area contributed by atoms with Crippen LogP contribution in [0.25, 0.3) is 0 Å². The molecule has 0 aliphatic carbocycles. The third kappa shape index (κ3) is 5.19. The maximum Gasteiger partial charge on any atom is 0.317 e. The quantitative estimate of drug-likeness (QED) is 0.646. The van der Waals surface area contributed by atoms with E-state index in [-0.39, 0.29) is 12.6 Å². The highest BCUT2D eigenvalue weighted by atomic mass is 16.4. The molecule has 0 aliphatic heterocycles. The van der Waals surface area contributed by atoms with Crippen LogP contribution >= 0.6 is 0 Å². The van der Waals surface area contributed by atoms with E-state index in [4.69, 9.17) is 5.11 Å². The highest BCUT2D eigenvalue weighted by Crippen LogP contribution is 2.05. The highest BCUT2D eigenvalue weighted by molar-refractivity contribution is 5.69. The molecule has 0 rings (SSSR count). The van der Waals surface area contributed by atoms with Crippen molar-refractivity contribution < 1.29 is 15.0 Å². The smallest absolute Gasteiger partial charge is 0.317 e. The van der Waals surface area contributed by atoms with Crippen LogP contribution < -0.4 is 0 Å². The number of aliphatic carboxylic acids is 1. The number of nitrogens with zero attached hydrogens (tertiary/aromatic N) is 1. The largest absolute Gasteiger partial charge is 0.480 e. The maximum atomic E-state index is 10.6. The first-order valence-corrected chi connectivity index (χ1v) is 5.15. The summed E-state index contributed by atoms with van der Waals surface area (Å²) in [6.45, 7) is 6.33. The molecule has 2 N–H and O–H groups in total. The number of carbonyl (C=O) groups is 1. The summed E-state index contributed by atoms with van der Waals surface area (Å²) in [4.78, 5) is 12.4. The Balaban J connectivity index is 4.16. The van der Waals surface area contributed by atoms with Crippen LogP contribution in [0.2, 0.25) is 0 Å². The van der Waals surface area contributed by atoms with E-state index in [0.29, 0.717) is 13.0 Å². The molecule has 0 fully saturated rings. The molecule has 0 aromatic carbocycles. The summed E-state index contributed by atoms with van der Waals surface area (Å²) in [6.07, 6.45) is 1.12. The molecular weight excluding hydrogens is 182 g/mol. The molecule has 0 saturated carbocycles. The van der Waals surface area contributed by atoms with E-state index in [9.17, 15) is 9.90 Å². The van der Waals surface area contributed by atoms with Crippen molar-refractivity contribution in [3.05, 3.63) is 0 Å². The first kappa shape index (κ1) is 13.4. The lowest BCUT2D eigenvalue weighted by molar-refractivity contribution is -0.139. The fourth-order valence-corrected chi connectivity index (χ4v) is 1.23. The van der Waals surface area contributed by atoms with Crippen molar-refractivity contribution in [3.8, 4) is 0 Å². The van der Waals surface area contributed by atoms with Gasteiger partial charge in [-0.1, -0.05) is 13.8 Å². The molecule has 4 heteroatoms. The zero-order chi connectivity index (χ0) is 11.1. The summed E-state index contributed by atoms with van der Waals surface area (Å²) in [7, 11) is 0. The molecule has 0 radical (unpaired) electrons. The molecular formula is C10H21NO3. The van der Waals surface area contributed by atoms with E-state index in [1.54, 1.807) is 4.90 Å². The summed E-state index contributed by atoms with van der Waals surface area (Å²) in [6, 6.07) is 0.201. The van der Waals surface area contributed by atoms with Gasteiger partial charge in [0.25, 0.3) is 0 Å². The average molecular weight is 203 g/mol. The van der Waals surface area contributed by atoms with Crippen molar-refractivity contribution in [2.75, 3.05) is 13.1 Å². The Morgan fingerprint density at radius 1 is 1.36 bits per heavy atom. The second-order valence-corrected chi connectivity index (χ2v) is 3.64. The molecule has 4 nitrogen and oxygen atoms in total. The lowest BCUT2D eigenvalue weighted by Gasteiger charge is -2.28. The average Bonchev–Trinajstić information content (AvgIpc) is 2.14. The number of rotatable bonds is 7. The molecule has 0 aromatic heterocycles. The van der Waals surface area contributed by atoms with E-state index in [1.165, 1.54) is 0 Å². The van der Waals surface area contributed by atoms with Gasteiger partial charge in [0.2, 0.25) is 0 Å². The summed E-state index contributed by atoms with van der Waals surface area (Å²) in [5.74, 6) is -0.839. The minimum atomic E-state index is -0.839. The van der Waals surface area contributed by atoms with Crippen LogP contribution in [0.3, 0.4) is 0 Å². The van der Waals surface area contributed by atoms with Gasteiger partial charge in [0, 0.05) is 12.6 Å². The van der Waals surface area contributed by atoms with Crippen molar-refractivity contribution >= 4 is 5.97 Å². The molecule has 0 aliphatic rings. The van der Waals surface area contributed by atoms with Gasteiger partial charge in [-0.3, -0.25) is 9.69 Å². The van der Waals surface area contributed by atoms with Crippen LogP contribution in [-0.2, 0) is 4.79 Å². The summed E-state index contributed by atoms with van der Waals surface area (Å²) < 4.78 is 0. The minimum absolute atomic E-state index is 0.00602. The van der Waals surface area contributed by atoms with Crippen molar-refractivity contribution in [1.29, 1.82) is 0 Å². The fraction of sp³-hybridized carbons (Fsp3) is 0.900. The monoisotopic (exact) mass is 203 g/mol. The fourth-order valence-electron chi connectivity index (χ4n) is 1.23. The van der Waals surface area contributed by atoms with Crippen molar-refractivity contribution in [1.82, 2.24) is 4.90 Å². The van der Waals surface area contributed by atoms with Crippen molar-refractivity contribution in [2.45, 2.75) is 45.8 Å². The Morgan fingerprint density at radius 2 is 1.93 bits per heavy atom. The zero-order valence-electron chi connectivity index (χ0n) is 9.23. The van der Waals surface area contributed by atoms with Gasteiger partial charge in [0.15, 0.2) is 0 Å². The summed E-state index contributed by atoms with van der Waals surface area (Å²) in [5.41, 5.74) is 0. The van der Waals surface area contributed by atoms with Crippen LogP contribution in [-0.4, -0.2) is 46.3 Å². The maximum absolute atomic E-state index is 10.6.